The standard InChI is InChI=1S/C25H37NO/c1-3-26(4-2)17-22-16-25(27-18-22,23-8-6-5-7-9-23)24-13-19-10-20(14-24)12-21(11-19)15-24/h5-9,19-22H,3-4,10-18H2,1-2H3. The van der Waals surface area contributed by atoms with Gasteiger partial charge in [0.2, 0.25) is 0 Å². The molecule has 1 aromatic rings. The van der Waals surface area contributed by atoms with E-state index in [1.807, 2.05) is 0 Å². The Hall–Kier alpha value is -0.860. The van der Waals surface area contributed by atoms with E-state index in [0.717, 1.165) is 37.5 Å². The zero-order valence-corrected chi connectivity index (χ0v) is 17.3. The molecule has 2 nitrogen and oxygen atoms in total. The quantitative estimate of drug-likeness (QED) is 0.660. The Morgan fingerprint density at radius 1 is 0.889 bits per heavy atom. The molecule has 2 heteroatoms. The summed E-state index contributed by atoms with van der Waals surface area (Å²) in [5.74, 6) is 3.60. The number of benzene rings is 1. The summed E-state index contributed by atoms with van der Waals surface area (Å²) in [5, 5.41) is 0. The second kappa shape index (κ2) is 6.88. The van der Waals surface area contributed by atoms with E-state index in [0.29, 0.717) is 11.3 Å². The molecule has 2 atom stereocenters. The molecule has 5 aliphatic rings. The third-order valence-electron chi connectivity index (χ3n) is 8.69. The van der Waals surface area contributed by atoms with E-state index in [-0.39, 0.29) is 5.60 Å². The zero-order valence-electron chi connectivity index (χ0n) is 17.3. The summed E-state index contributed by atoms with van der Waals surface area (Å²) in [6.07, 6.45) is 10.0. The summed E-state index contributed by atoms with van der Waals surface area (Å²) in [7, 11) is 0. The molecule has 0 aromatic heterocycles. The zero-order chi connectivity index (χ0) is 18.5. The van der Waals surface area contributed by atoms with Gasteiger partial charge in [-0.1, -0.05) is 44.2 Å². The van der Waals surface area contributed by atoms with Crippen molar-refractivity contribution < 1.29 is 4.74 Å². The fourth-order valence-electron chi connectivity index (χ4n) is 7.94. The van der Waals surface area contributed by atoms with Gasteiger partial charge in [0, 0.05) is 12.0 Å². The summed E-state index contributed by atoms with van der Waals surface area (Å²) in [5.41, 5.74) is 1.86. The molecule has 1 aromatic carbocycles. The van der Waals surface area contributed by atoms with Gasteiger partial charge >= 0.3 is 0 Å². The van der Waals surface area contributed by atoms with Crippen LogP contribution in [0.1, 0.15) is 64.4 Å². The van der Waals surface area contributed by atoms with E-state index < -0.39 is 0 Å². The van der Waals surface area contributed by atoms with Gasteiger partial charge in [0.1, 0.15) is 0 Å². The minimum atomic E-state index is -0.0257. The van der Waals surface area contributed by atoms with E-state index in [1.54, 1.807) is 0 Å². The lowest BCUT2D eigenvalue weighted by Crippen LogP contribution is -2.56. The number of hydrogen-bond donors (Lipinski definition) is 0. The summed E-state index contributed by atoms with van der Waals surface area (Å²) >= 11 is 0. The van der Waals surface area contributed by atoms with Crippen molar-refractivity contribution in [3.05, 3.63) is 35.9 Å². The van der Waals surface area contributed by atoms with Crippen LogP contribution in [0, 0.1) is 29.1 Å². The van der Waals surface area contributed by atoms with Crippen LogP contribution < -0.4 is 0 Å². The van der Waals surface area contributed by atoms with Gasteiger partial charge < -0.3 is 9.64 Å². The first kappa shape index (κ1) is 18.2. The topological polar surface area (TPSA) is 12.5 Å². The molecule has 5 fully saturated rings. The molecule has 0 amide bonds. The van der Waals surface area contributed by atoms with Crippen molar-refractivity contribution in [2.24, 2.45) is 29.1 Å². The predicted molar refractivity (Wildman–Crippen MR) is 111 cm³/mol. The van der Waals surface area contributed by atoms with E-state index in [4.69, 9.17) is 4.74 Å². The van der Waals surface area contributed by atoms with Gasteiger partial charge in [-0.3, -0.25) is 0 Å². The molecular formula is C25H37NO. The largest absolute Gasteiger partial charge is 0.369 e. The second-order valence-corrected chi connectivity index (χ2v) is 10.3. The van der Waals surface area contributed by atoms with Crippen LogP contribution in [0.4, 0.5) is 0 Å². The number of rotatable bonds is 6. The van der Waals surface area contributed by atoms with Crippen molar-refractivity contribution in [3.63, 3.8) is 0 Å². The van der Waals surface area contributed by atoms with Gasteiger partial charge in [-0.25, -0.2) is 0 Å². The molecule has 1 saturated heterocycles. The fraction of sp³-hybridized carbons (Fsp3) is 0.760. The molecule has 6 rings (SSSR count). The summed E-state index contributed by atoms with van der Waals surface area (Å²) in [4.78, 5) is 2.59. The number of nitrogens with zero attached hydrogens (tertiary/aromatic N) is 1. The highest BCUT2D eigenvalue weighted by atomic mass is 16.5. The minimum absolute atomic E-state index is 0.0257. The van der Waals surface area contributed by atoms with Crippen LogP contribution in [0.25, 0.3) is 0 Å². The van der Waals surface area contributed by atoms with Gasteiger partial charge in [0.15, 0.2) is 0 Å². The van der Waals surface area contributed by atoms with Crippen LogP contribution in [0.3, 0.4) is 0 Å². The first-order chi connectivity index (χ1) is 13.2. The highest BCUT2D eigenvalue weighted by Crippen LogP contribution is 2.69. The van der Waals surface area contributed by atoms with E-state index in [1.165, 1.54) is 57.1 Å². The fourth-order valence-corrected chi connectivity index (χ4v) is 7.94. The van der Waals surface area contributed by atoms with E-state index in [2.05, 4.69) is 49.1 Å². The Morgan fingerprint density at radius 2 is 1.48 bits per heavy atom. The lowest BCUT2D eigenvalue weighted by molar-refractivity contribution is -0.190. The Labute approximate surface area is 165 Å². The van der Waals surface area contributed by atoms with Crippen molar-refractivity contribution in [2.45, 2.75) is 64.4 Å². The molecule has 1 heterocycles. The highest BCUT2D eigenvalue weighted by Gasteiger charge is 2.63. The van der Waals surface area contributed by atoms with E-state index >= 15 is 0 Å². The predicted octanol–water partition coefficient (Wildman–Crippen LogP) is 5.48. The van der Waals surface area contributed by atoms with Gasteiger partial charge in [-0.15, -0.1) is 0 Å². The molecule has 1 aliphatic heterocycles. The van der Waals surface area contributed by atoms with Crippen molar-refractivity contribution in [2.75, 3.05) is 26.2 Å². The lowest BCUT2D eigenvalue weighted by Gasteiger charge is -2.62. The Morgan fingerprint density at radius 3 is 2.04 bits per heavy atom. The summed E-state index contributed by atoms with van der Waals surface area (Å²) in [6.45, 7) is 9.05. The maximum Gasteiger partial charge on any atom is 0.0991 e. The van der Waals surface area contributed by atoms with Gasteiger partial charge in [-0.05, 0) is 87.3 Å². The molecule has 4 bridgehead atoms. The third-order valence-corrected chi connectivity index (χ3v) is 8.69. The average Bonchev–Trinajstić information content (AvgIpc) is 3.11. The third kappa shape index (κ3) is 2.90. The molecule has 0 radical (unpaired) electrons. The number of ether oxygens (including phenoxy) is 1. The summed E-state index contributed by atoms with van der Waals surface area (Å²) in [6, 6.07) is 11.4. The molecule has 4 aliphatic carbocycles. The highest BCUT2D eigenvalue weighted by molar-refractivity contribution is 5.29. The molecule has 148 valence electrons. The first-order valence-electron chi connectivity index (χ1n) is 11.6. The van der Waals surface area contributed by atoms with Crippen molar-refractivity contribution in [1.29, 1.82) is 0 Å². The van der Waals surface area contributed by atoms with Crippen LogP contribution in [0.5, 0.6) is 0 Å². The van der Waals surface area contributed by atoms with Gasteiger partial charge in [0.25, 0.3) is 0 Å². The minimum Gasteiger partial charge on any atom is -0.369 e. The molecule has 0 N–H and O–H groups in total. The van der Waals surface area contributed by atoms with Crippen molar-refractivity contribution in [1.82, 2.24) is 4.90 Å². The smallest absolute Gasteiger partial charge is 0.0991 e. The van der Waals surface area contributed by atoms with Crippen LogP contribution in [0.2, 0.25) is 0 Å². The molecule has 2 unspecified atom stereocenters. The molecule has 0 spiro atoms. The monoisotopic (exact) mass is 367 g/mol. The van der Waals surface area contributed by atoms with Crippen molar-refractivity contribution in [3.8, 4) is 0 Å². The van der Waals surface area contributed by atoms with Crippen molar-refractivity contribution >= 4 is 0 Å². The molecular weight excluding hydrogens is 330 g/mol. The molecule has 4 saturated carbocycles. The average molecular weight is 368 g/mol. The maximum absolute atomic E-state index is 6.99. The van der Waals surface area contributed by atoms with E-state index in [9.17, 15) is 0 Å². The van der Waals surface area contributed by atoms with Crippen LogP contribution in [-0.2, 0) is 10.3 Å². The first-order valence-corrected chi connectivity index (χ1v) is 11.6. The van der Waals surface area contributed by atoms with Gasteiger partial charge in [-0.2, -0.15) is 0 Å². The maximum atomic E-state index is 6.99. The number of hydrogen-bond acceptors (Lipinski definition) is 2. The van der Waals surface area contributed by atoms with Crippen LogP contribution in [-0.4, -0.2) is 31.1 Å². The van der Waals surface area contributed by atoms with Crippen LogP contribution in [0.15, 0.2) is 30.3 Å². The lowest BCUT2D eigenvalue weighted by atomic mass is 9.44. The van der Waals surface area contributed by atoms with Crippen LogP contribution >= 0.6 is 0 Å². The second-order valence-electron chi connectivity index (χ2n) is 10.3. The Bertz CT molecular complexity index is 616. The SMILES string of the molecule is CCN(CC)CC1COC(c2ccccc2)(C23CC4CC(CC(C4)C2)C3)C1. The van der Waals surface area contributed by atoms with Gasteiger partial charge in [0.05, 0.1) is 12.2 Å². The Kier molecular flexibility index (Phi) is 4.64. The Balaban J connectivity index is 1.50. The summed E-state index contributed by atoms with van der Waals surface area (Å²) < 4.78 is 6.99. The molecule has 27 heavy (non-hydrogen) atoms. The normalized spacial score (nSPS) is 42.9.